The molecule has 0 radical (unpaired) electrons. The van der Waals surface area contributed by atoms with Crippen molar-refractivity contribution in [2.45, 2.75) is 30.9 Å². The van der Waals surface area contributed by atoms with E-state index in [1.54, 1.807) is 42.5 Å². The number of anilines is 2. The van der Waals surface area contributed by atoms with Crippen LogP contribution in [-0.2, 0) is 9.59 Å². The van der Waals surface area contributed by atoms with Gasteiger partial charge in [-0.25, -0.2) is 4.39 Å². The molecule has 0 aliphatic rings. The van der Waals surface area contributed by atoms with E-state index < -0.39 is 17.6 Å². The van der Waals surface area contributed by atoms with Crippen LogP contribution in [0.1, 0.15) is 34.0 Å². The van der Waals surface area contributed by atoms with Gasteiger partial charge in [0, 0.05) is 21.8 Å². The minimum Gasteiger partial charge on any atom is -0.325 e. The van der Waals surface area contributed by atoms with E-state index in [1.165, 1.54) is 42.1 Å². The molecule has 208 valence electrons. The van der Waals surface area contributed by atoms with Gasteiger partial charge in [-0.2, -0.15) is 0 Å². The van der Waals surface area contributed by atoms with Gasteiger partial charge < -0.3 is 16.0 Å². The Morgan fingerprint density at radius 3 is 2.17 bits per heavy atom. The van der Waals surface area contributed by atoms with E-state index in [9.17, 15) is 18.8 Å². The first-order valence-electron chi connectivity index (χ1n) is 13.0. The van der Waals surface area contributed by atoms with Crippen molar-refractivity contribution in [3.63, 3.8) is 0 Å². The minimum atomic E-state index is -0.541. The molecule has 0 heterocycles. The van der Waals surface area contributed by atoms with E-state index >= 15 is 0 Å². The van der Waals surface area contributed by atoms with E-state index in [-0.39, 0.29) is 16.9 Å². The lowest BCUT2D eigenvalue weighted by molar-refractivity contribution is -0.115. The lowest BCUT2D eigenvalue weighted by Crippen LogP contribution is -2.30. The zero-order chi connectivity index (χ0) is 29.4. The summed E-state index contributed by atoms with van der Waals surface area (Å²) < 4.78 is 13.4. The predicted molar refractivity (Wildman–Crippen MR) is 163 cm³/mol. The predicted octanol–water partition coefficient (Wildman–Crippen LogP) is 6.97. The summed E-state index contributed by atoms with van der Waals surface area (Å²) in [5.74, 6) is -1.50. The van der Waals surface area contributed by atoms with Crippen molar-refractivity contribution in [3.05, 3.63) is 131 Å². The molecular weight excluding hydrogens is 537 g/mol. The van der Waals surface area contributed by atoms with Crippen LogP contribution in [0.5, 0.6) is 0 Å². The van der Waals surface area contributed by atoms with Gasteiger partial charge in [-0.3, -0.25) is 14.4 Å². The molecular formula is C33H30FN3O3S. The second kappa shape index (κ2) is 13.6. The maximum Gasteiger partial charge on any atom is 0.272 e. The highest BCUT2D eigenvalue weighted by molar-refractivity contribution is 8.00. The number of nitrogens with one attached hydrogen (secondary N) is 3. The zero-order valence-corrected chi connectivity index (χ0v) is 23.7. The fraction of sp³-hybridized carbons (Fsp3) is 0.121. The second-order valence-electron chi connectivity index (χ2n) is 9.41. The smallest absolute Gasteiger partial charge is 0.272 e. The maximum absolute atomic E-state index is 13.4. The number of hydrogen-bond donors (Lipinski definition) is 3. The third-order valence-corrected chi connectivity index (χ3v) is 7.48. The van der Waals surface area contributed by atoms with Crippen LogP contribution in [0.15, 0.2) is 108 Å². The first-order chi connectivity index (χ1) is 19.7. The fourth-order valence-corrected chi connectivity index (χ4v) is 4.73. The van der Waals surface area contributed by atoms with Crippen LogP contribution in [0.25, 0.3) is 6.08 Å². The number of hydrogen-bond acceptors (Lipinski definition) is 4. The highest BCUT2D eigenvalue weighted by Gasteiger charge is 2.17. The molecule has 3 N–H and O–H groups in total. The summed E-state index contributed by atoms with van der Waals surface area (Å²) >= 11 is 1.40. The van der Waals surface area contributed by atoms with E-state index in [1.807, 2.05) is 51.1 Å². The van der Waals surface area contributed by atoms with Crippen LogP contribution in [-0.4, -0.2) is 23.0 Å². The lowest BCUT2D eigenvalue weighted by Gasteiger charge is -2.15. The molecule has 0 aliphatic heterocycles. The van der Waals surface area contributed by atoms with Crippen LogP contribution in [0, 0.1) is 19.7 Å². The van der Waals surface area contributed by atoms with E-state index in [2.05, 4.69) is 16.0 Å². The number of amides is 3. The average molecular weight is 568 g/mol. The molecule has 1 atom stereocenters. The minimum absolute atomic E-state index is 0.000600. The summed E-state index contributed by atoms with van der Waals surface area (Å²) in [6.07, 6.45) is 1.48. The van der Waals surface area contributed by atoms with Crippen molar-refractivity contribution >= 4 is 46.9 Å². The molecule has 0 aliphatic carbocycles. The number of carbonyl (C=O) groups excluding carboxylic acids is 3. The molecule has 0 aromatic heterocycles. The van der Waals surface area contributed by atoms with Gasteiger partial charge in [0.05, 0.1) is 5.25 Å². The van der Waals surface area contributed by atoms with Crippen molar-refractivity contribution in [3.8, 4) is 0 Å². The van der Waals surface area contributed by atoms with Crippen molar-refractivity contribution in [2.24, 2.45) is 0 Å². The second-order valence-corrected chi connectivity index (χ2v) is 10.8. The Kier molecular flexibility index (Phi) is 9.71. The molecule has 0 saturated carbocycles. The van der Waals surface area contributed by atoms with Gasteiger partial charge in [0.15, 0.2) is 0 Å². The monoisotopic (exact) mass is 567 g/mol. The first-order valence-corrected chi connectivity index (χ1v) is 13.9. The van der Waals surface area contributed by atoms with Crippen molar-refractivity contribution < 1.29 is 18.8 Å². The number of rotatable bonds is 9. The normalized spacial score (nSPS) is 11.9. The summed E-state index contributed by atoms with van der Waals surface area (Å²) in [7, 11) is 0. The molecule has 1 unspecified atom stereocenters. The SMILES string of the molecule is Cc1cccc(NC(=O)C(C)Sc2ccc(NC(=O)/C(=C/c3ccc(F)cc3)NC(=O)c3ccccc3)cc2)c1C. The molecule has 4 aromatic carbocycles. The molecule has 41 heavy (non-hydrogen) atoms. The van der Waals surface area contributed by atoms with Crippen LogP contribution in [0.3, 0.4) is 0 Å². The summed E-state index contributed by atoms with van der Waals surface area (Å²) in [6.45, 7) is 5.81. The Labute approximate surface area is 243 Å². The Balaban J connectivity index is 1.43. The summed E-state index contributed by atoms with van der Waals surface area (Å²) in [5.41, 5.74) is 4.38. The highest BCUT2D eigenvalue weighted by atomic mass is 32.2. The van der Waals surface area contributed by atoms with E-state index in [4.69, 9.17) is 0 Å². The van der Waals surface area contributed by atoms with Gasteiger partial charge in [-0.05, 0) is 98.1 Å². The zero-order valence-electron chi connectivity index (χ0n) is 22.9. The van der Waals surface area contributed by atoms with Crippen molar-refractivity contribution in [1.29, 1.82) is 0 Å². The van der Waals surface area contributed by atoms with Crippen LogP contribution < -0.4 is 16.0 Å². The Morgan fingerprint density at radius 1 is 0.805 bits per heavy atom. The average Bonchev–Trinajstić information content (AvgIpc) is 2.97. The van der Waals surface area contributed by atoms with Gasteiger partial charge in [0.1, 0.15) is 11.5 Å². The highest BCUT2D eigenvalue weighted by Crippen LogP contribution is 2.27. The number of benzene rings is 4. The van der Waals surface area contributed by atoms with Gasteiger partial charge in [0.2, 0.25) is 5.91 Å². The third kappa shape index (κ3) is 8.16. The summed E-state index contributed by atoms with van der Waals surface area (Å²) in [6, 6.07) is 27.0. The molecule has 0 bridgehead atoms. The van der Waals surface area contributed by atoms with Gasteiger partial charge in [-0.15, -0.1) is 11.8 Å². The topological polar surface area (TPSA) is 87.3 Å². The number of thioether (sulfide) groups is 1. The van der Waals surface area contributed by atoms with Gasteiger partial charge in [-0.1, -0.05) is 42.5 Å². The van der Waals surface area contributed by atoms with Gasteiger partial charge in [0.25, 0.3) is 11.8 Å². The Morgan fingerprint density at radius 2 is 1.49 bits per heavy atom. The summed E-state index contributed by atoms with van der Waals surface area (Å²) in [5, 5.41) is 8.09. The van der Waals surface area contributed by atoms with Crippen LogP contribution >= 0.6 is 11.8 Å². The Hall–Kier alpha value is -4.69. The van der Waals surface area contributed by atoms with Crippen LogP contribution in [0.4, 0.5) is 15.8 Å². The van der Waals surface area contributed by atoms with Crippen molar-refractivity contribution in [2.75, 3.05) is 10.6 Å². The Bertz CT molecular complexity index is 1570. The molecule has 4 rings (SSSR count). The fourth-order valence-electron chi connectivity index (χ4n) is 3.86. The number of aryl methyl sites for hydroxylation is 1. The van der Waals surface area contributed by atoms with Crippen LogP contribution in [0.2, 0.25) is 0 Å². The standard InChI is InChI=1S/C33H30FN3O3S/c1-21-8-7-11-29(22(21)2)36-31(38)23(3)41-28-18-16-27(17-19-28)35-33(40)30(20-24-12-14-26(34)15-13-24)37-32(39)25-9-5-4-6-10-25/h4-20,23H,1-3H3,(H,35,40)(H,36,38)(H,37,39)/b30-20-. The molecule has 0 saturated heterocycles. The molecule has 4 aromatic rings. The van der Waals surface area contributed by atoms with E-state index in [0.29, 0.717) is 16.8 Å². The molecule has 3 amide bonds. The first kappa shape index (κ1) is 29.3. The number of carbonyl (C=O) groups is 3. The number of halogens is 1. The molecule has 0 spiro atoms. The molecule has 8 heteroatoms. The molecule has 6 nitrogen and oxygen atoms in total. The quantitative estimate of drug-likeness (QED) is 0.151. The largest absolute Gasteiger partial charge is 0.325 e. The third-order valence-electron chi connectivity index (χ3n) is 6.37. The molecule has 0 fully saturated rings. The summed E-state index contributed by atoms with van der Waals surface area (Å²) in [4.78, 5) is 39.6. The lowest BCUT2D eigenvalue weighted by atomic mass is 10.1. The maximum atomic E-state index is 13.4. The van der Waals surface area contributed by atoms with Crippen molar-refractivity contribution in [1.82, 2.24) is 5.32 Å². The van der Waals surface area contributed by atoms with Gasteiger partial charge >= 0.3 is 0 Å². The van der Waals surface area contributed by atoms with E-state index in [0.717, 1.165) is 21.7 Å².